The van der Waals surface area contributed by atoms with Gasteiger partial charge in [-0.05, 0) is 50.9 Å². The Kier molecular flexibility index (Phi) is 10.8. The van der Waals surface area contributed by atoms with E-state index in [1.165, 1.54) is 43.5 Å². The molecule has 170 valence electrons. The third-order valence-electron chi connectivity index (χ3n) is 6.09. The number of piperidine rings is 1. The van der Waals surface area contributed by atoms with Crippen molar-refractivity contribution >= 4 is 29.9 Å². The number of ether oxygens (including phenoxy) is 1. The highest BCUT2D eigenvalue weighted by Crippen LogP contribution is 2.19. The summed E-state index contributed by atoms with van der Waals surface area (Å²) in [5.41, 5.74) is 2.78. The van der Waals surface area contributed by atoms with E-state index in [2.05, 4.69) is 63.5 Å². The van der Waals surface area contributed by atoms with Crippen molar-refractivity contribution in [3.63, 3.8) is 0 Å². The van der Waals surface area contributed by atoms with Gasteiger partial charge in [0.05, 0.1) is 13.2 Å². The van der Waals surface area contributed by atoms with Crippen molar-refractivity contribution < 1.29 is 4.74 Å². The third-order valence-corrected chi connectivity index (χ3v) is 6.09. The predicted molar refractivity (Wildman–Crippen MR) is 136 cm³/mol. The molecule has 2 aliphatic rings. The van der Waals surface area contributed by atoms with Crippen LogP contribution in [0, 0.1) is 0 Å². The van der Waals surface area contributed by atoms with E-state index in [0.29, 0.717) is 0 Å². The lowest BCUT2D eigenvalue weighted by Gasteiger charge is -2.41. The van der Waals surface area contributed by atoms with E-state index in [0.717, 1.165) is 51.9 Å². The van der Waals surface area contributed by atoms with Crippen molar-refractivity contribution in [2.24, 2.45) is 4.99 Å². The van der Waals surface area contributed by atoms with Gasteiger partial charge in [-0.15, -0.1) is 24.0 Å². The van der Waals surface area contributed by atoms with Crippen LogP contribution in [0.1, 0.15) is 44.2 Å². The maximum atomic E-state index is 5.45. The van der Waals surface area contributed by atoms with Gasteiger partial charge in [0, 0.05) is 45.3 Å². The number of benzene rings is 1. The quantitative estimate of drug-likeness (QED) is 0.323. The molecule has 0 atom stereocenters. The van der Waals surface area contributed by atoms with Crippen LogP contribution < -0.4 is 10.6 Å². The van der Waals surface area contributed by atoms with Crippen molar-refractivity contribution in [2.45, 2.75) is 51.7 Å². The molecule has 2 N–H and O–H groups in total. The van der Waals surface area contributed by atoms with Crippen molar-refractivity contribution in [3.05, 3.63) is 35.4 Å². The lowest BCUT2D eigenvalue weighted by Crippen LogP contribution is -2.54. The number of morpholine rings is 1. The van der Waals surface area contributed by atoms with Crippen molar-refractivity contribution in [3.8, 4) is 0 Å². The highest BCUT2D eigenvalue weighted by molar-refractivity contribution is 14.0. The van der Waals surface area contributed by atoms with Gasteiger partial charge in [0.15, 0.2) is 5.96 Å². The second-order valence-corrected chi connectivity index (χ2v) is 8.85. The van der Waals surface area contributed by atoms with Crippen LogP contribution in [0.15, 0.2) is 29.3 Å². The predicted octanol–water partition coefficient (Wildman–Crippen LogP) is 3.07. The minimum Gasteiger partial charge on any atom is -0.379 e. The zero-order chi connectivity index (χ0) is 20.5. The summed E-state index contributed by atoms with van der Waals surface area (Å²) in [6, 6.07) is 8.85. The molecule has 6 nitrogen and oxygen atoms in total. The highest BCUT2D eigenvalue weighted by Gasteiger charge is 2.27. The first-order valence-electron chi connectivity index (χ1n) is 11.1. The Hall–Kier alpha value is -0.900. The Labute approximate surface area is 199 Å². The molecule has 0 amide bonds. The number of nitrogens with zero attached hydrogens (tertiary/aromatic N) is 3. The zero-order valence-corrected chi connectivity index (χ0v) is 21.3. The van der Waals surface area contributed by atoms with Crippen LogP contribution in [0.25, 0.3) is 0 Å². The second-order valence-electron chi connectivity index (χ2n) is 8.85. The number of aliphatic imine (C=N–C) groups is 1. The van der Waals surface area contributed by atoms with Gasteiger partial charge in [0.25, 0.3) is 0 Å². The van der Waals surface area contributed by atoms with Crippen LogP contribution >= 0.6 is 24.0 Å². The number of hydrogen-bond donors (Lipinski definition) is 2. The van der Waals surface area contributed by atoms with E-state index in [-0.39, 0.29) is 29.5 Å². The van der Waals surface area contributed by atoms with E-state index in [4.69, 9.17) is 4.74 Å². The molecule has 2 fully saturated rings. The molecule has 7 heteroatoms. The molecule has 2 saturated heterocycles. The summed E-state index contributed by atoms with van der Waals surface area (Å²) in [4.78, 5) is 9.48. The lowest BCUT2D eigenvalue weighted by atomic mass is 9.98. The highest BCUT2D eigenvalue weighted by atomic mass is 127. The maximum absolute atomic E-state index is 5.45. The number of likely N-dealkylation sites (tertiary alicyclic amines) is 1. The minimum absolute atomic E-state index is 0. The maximum Gasteiger partial charge on any atom is 0.191 e. The molecule has 1 aromatic carbocycles. The molecule has 0 bridgehead atoms. The summed E-state index contributed by atoms with van der Waals surface area (Å²) >= 11 is 0. The van der Waals surface area contributed by atoms with Gasteiger partial charge < -0.3 is 15.4 Å². The summed E-state index contributed by atoms with van der Waals surface area (Å²) in [5, 5.41) is 7.01. The van der Waals surface area contributed by atoms with E-state index in [1.54, 1.807) is 0 Å². The average Bonchev–Trinajstić information content (AvgIpc) is 2.75. The van der Waals surface area contributed by atoms with E-state index in [1.807, 2.05) is 7.05 Å². The van der Waals surface area contributed by atoms with Crippen LogP contribution in [-0.2, 0) is 17.8 Å². The van der Waals surface area contributed by atoms with Gasteiger partial charge in [-0.25, -0.2) is 0 Å². The van der Waals surface area contributed by atoms with Crippen LogP contribution in [0.3, 0.4) is 0 Å². The smallest absolute Gasteiger partial charge is 0.191 e. The SMILES string of the molecule is CN=C(NCc1cccc(CN2CCOCC2)c1)NCC(C)(C)N1CCCCC1.I. The molecular formula is C23H40IN5O. The molecule has 0 unspecified atom stereocenters. The topological polar surface area (TPSA) is 52.1 Å². The van der Waals surface area contributed by atoms with Gasteiger partial charge in [0.1, 0.15) is 0 Å². The molecule has 0 radical (unpaired) electrons. The van der Waals surface area contributed by atoms with E-state index in [9.17, 15) is 0 Å². The van der Waals surface area contributed by atoms with Crippen molar-refractivity contribution in [1.29, 1.82) is 0 Å². The third kappa shape index (κ3) is 7.98. The Balaban J connectivity index is 0.00000320. The van der Waals surface area contributed by atoms with Gasteiger partial charge >= 0.3 is 0 Å². The van der Waals surface area contributed by atoms with E-state index >= 15 is 0 Å². The van der Waals surface area contributed by atoms with Crippen LogP contribution in [0.4, 0.5) is 0 Å². The average molecular weight is 530 g/mol. The molecular weight excluding hydrogens is 489 g/mol. The minimum atomic E-state index is 0. The largest absolute Gasteiger partial charge is 0.379 e. The molecule has 3 rings (SSSR count). The van der Waals surface area contributed by atoms with Crippen LogP contribution in [0.5, 0.6) is 0 Å². The molecule has 0 aliphatic carbocycles. The summed E-state index contributed by atoms with van der Waals surface area (Å²) in [6.07, 6.45) is 4.00. The van der Waals surface area contributed by atoms with Gasteiger partial charge in [-0.2, -0.15) is 0 Å². The molecule has 2 heterocycles. The van der Waals surface area contributed by atoms with E-state index < -0.39 is 0 Å². The monoisotopic (exact) mass is 529 g/mol. The summed E-state index contributed by atoms with van der Waals surface area (Å²) < 4.78 is 5.45. The van der Waals surface area contributed by atoms with Crippen LogP contribution in [-0.4, -0.2) is 74.3 Å². The Morgan fingerprint density at radius 3 is 2.43 bits per heavy atom. The van der Waals surface area contributed by atoms with Crippen molar-refractivity contribution in [2.75, 3.05) is 53.0 Å². The number of nitrogens with one attached hydrogen (secondary N) is 2. The van der Waals surface area contributed by atoms with Gasteiger partial charge in [-0.3, -0.25) is 14.8 Å². The molecule has 0 saturated carbocycles. The summed E-state index contributed by atoms with van der Waals surface area (Å²) in [6.45, 7) is 13.5. The molecule has 30 heavy (non-hydrogen) atoms. The number of hydrogen-bond acceptors (Lipinski definition) is 4. The van der Waals surface area contributed by atoms with Crippen LogP contribution in [0.2, 0.25) is 0 Å². The summed E-state index contributed by atoms with van der Waals surface area (Å²) in [7, 11) is 1.85. The molecule has 0 aromatic heterocycles. The summed E-state index contributed by atoms with van der Waals surface area (Å²) in [5.74, 6) is 0.869. The Morgan fingerprint density at radius 1 is 1.03 bits per heavy atom. The number of rotatable bonds is 7. The fourth-order valence-corrected chi connectivity index (χ4v) is 4.17. The fourth-order valence-electron chi connectivity index (χ4n) is 4.17. The lowest BCUT2D eigenvalue weighted by molar-refractivity contribution is 0.0342. The first-order valence-corrected chi connectivity index (χ1v) is 11.1. The Bertz CT molecular complexity index is 655. The standard InChI is InChI=1S/C23H39N5O.HI/c1-23(2,28-10-5-4-6-11-28)19-26-22(24-3)25-17-20-8-7-9-21(16-20)18-27-12-14-29-15-13-27;/h7-9,16H,4-6,10-15,17-19H2,1-3H3,(H2,24,25,26);1H. The fraction of sp³-hybridized carbons (Fsp3) is 0.696. The first kappa shape index (κ1) is 25.4. The first-order chi connectivity index (χ1) is 14.1. The molecule has 0 spiro atoms. The zero-order valence-electron chi connectivity index (χ0n) is 19.0. The van der Waals surface area contributed by atoms with Crippen molar-refractivity contribution in [1.82, 2.24) is 20.4 Å². The molecule has 1 aromatic rings. The second kappa shape index (κ2) is 12.8. The number of guanidine groups is 1. The number of halogens is 1. The van der Waals surface area contributed by atoms with Gasteiger partial charge in [0.2, 0.25) is 0 Å². The molecule has 2 aliphatic heterocycles. The normalized spacial score (nSPS) is 19.2. The Morgan fingerprint density at radius 2 is 1.73 bits per heavy atom. The van der Waals surface area contributed by atoms with Gasteiger partial charge in [-0.1, -0.05) is 30.7 Å².